The van der Waals surface area contributed by atoms with Crippen LogP contribution in [0, 0.1) is 0 Å². The van der Waals surface area contributed by atoms with Crippen molar-refractivity contribution in [1.82, 2.24) is 9.97 Å². The number of aliphatic hydroxyl groups is 2. The van der Waals surface area contributed by atoms with Gasteiger partial charge >= 0.3 is 0 Å². The van der Waals surface area contributed by atoms with Crippen molar-refractivity contribution in [3.63, 3.8) is 0 Å². The predicted molar refractivity (Wildman–Crippen MR) is 71.4 cm³/mol. The van der Waals surface area contributed by atoms with Gasteiger partial charge in [-0.15, -0.1) is 11.3 Å². The summed E-state index contributed by atoms with van der Waals surface area (Å²) < 4.78 is 0. The molecule has 0 radical (unpaired) electrons. The van der Waals surface area contributed by atoms with Crippen molar-refractivity contribution < 1.29 is 10.2 Å². The van der Waals surface area contributed by atoms with Crippen LogP contribution in [0.25, 0.3) is 10.2 Å². The second-order valence-electron chi connectivity index (χ2n) is 4.18. The summed E-state index contributed by atoms with van der Waals surface area (Å²) in [7, 11) is 0. The van der Waals surface area contributed by atoms with Crippen molar-refractivity contribution in [3.8, 4) is 0 Å². The maximum atomic E-state index is 9.29. The Kier molecular flexibility index (Phi) is 3.62. The Morgan fingerprint density at radius 2 is 2.11 bits per heavy atom. The van der Waals surface area contributed by atoms with Crippen molar-refractivity contribution in [3.05, 3.63) is 11.4 Å². The molecule has 8 heteroatoms. The maximum Gasteiger partial charge on any atom is 0.240 e. The van der Waals surface area contributed by atoms with Gasteiger partial charge in [0.25, 0.3) is 0 Å². The topological polar surface area (TPSA) is 116 Å². The van der Waals surface area contributed by atoms with Gasteiger partial charge in [0.05, 0.1) is 24.1 Å². The van der Waals surface area contributed by atoms with E-state index in [1.807, 2.05) is 11.4 Å². The first-order chi connectivity index (χ1) is 8.61. The molecule has 0 saturated carbocycles. The highest BCUT2D eigenvalue weighted by Crippen LogP contribution is 2.28. The molecule has 0 aromatic carbocycles. The molecule has 2 rings (SSSR count). The van der Waals surface area contributed by atoms with Crippen LogP contribution in [-0.4, -0.2) is 38.9 Å². The summed E-state index contributed by atoms with van der Waals surface area (Å²) in [5.74, 6) is 6.12. The van der Waals surface area contributed by atoms with E-state index in [0.717, 1.165) is 10.2 Å². The smallest absolute Gasteiger partial charge is 0.240 e. The van der Waals surface area contributed by atoms with Crippen molar-refractivity contribution in [2.45, 2.75) is 12.5 Å². The summed E-state index contributed by atoms with van der Waals surface area (Å²) in [5, 5.41) is 24.3. The van der Waals surface area contributed by atoms with E-state index in [0.29, 0.717) is 5.82 Å². The number of rotatable bonds is 5. The van der Waals surface area contributed by atoms with E-state index in [1.54, 1.807) is 6.92 Å². The zero-order chi connectivity index (χ0) is 13.2. The monoisotopic (exact) mass is 269 g/mol. The summed E-state index contributed by atoms with van der Waals surface area (Å²) in [5.41, 5.74) is 1.54. The Morgan fingerprint density at radius 1 is 1.39 bits per heavy atom. The van der Waals surface area contributed by atoms with E-state index in [9.17, 15) is 10.2 Å². The molecular formula is C10H15N5O2S. The molecule has 0 spiro atoms. The third-order valence-electron chi connectivity index (χ3n) is 2.57. The molecular weight excluding hydrogens is 254 g/mol. The summed E-state index contributed by atoms with van der Waals surface area (Å²) in [6, 6.07) is 1.87. The van der Waals surface area contributed by atoms with Crippen molar-refractivity contribution in [2.24, 2.45) is 5.84 Å². The Labute approximate surface area is 108 Å². The number of hydrogen-bond donors (Lipinski definition) is 5. The maximum absolute atomic E-state index is 9.29. The van der Waals surface area contributed by atoms with Gasteiger partial charge in [-0.1, -0.05) is 0 Å². The van der Waals surface area contributed by atoms with E-state index in [2.05, 4.69) is 20.7 Å². The van der Waals surface area contributed by atoms with Crippen LogP contribution >= 0.6 is 11.3 Å². The van der Waals surface area contributed by atoms with Crippen LogP contribution in [0.5, 0.6) is 0 Å². The number of thiophene rings is 1. The molecule has 6 N–H and O–H groups in total. The molecule has 0 bridgehead atoms. The summed E-state index contributed by atoms with van der Waals surface area (Å²) >= 11 is 1.46. The van der Waals surface area contributed by atoms with Gasteiger partial charge in [0, 0.05) is 0 Å². The number of nitrogens with one attached hydrogen (secondary N) is 2. The van der Waals surface area contributed by atoms with E-state index in [4.69, 9.17) is 5.84 Å². The third kappa shape index (κ3) is 2.36. The number of anilines is 2. The van der Waals surface area contributed by atoms with Gasteiger partial charge in [-0.3, -0.25) is 5.43 Å². The highest BCUT2D eigenvalue weighted by Gasteiger charge is 2.24. The second-order valence-corrected chi connectivity index (χ2v) is 5.08. The number of nitrogen functional groups attached to an aromatic ring is 1. The first-order valence-corrected chi connectivity index (χ1v) is 6.21. The molecule has 0 aliphatic carbocycles. The highest BCUT2D eigenvalue weighted by molar-refractivity contribution is 7.16. The first-order valence-electron chi connectivity index (χ1n) is 5.33. The van der Waals surface area contributed by atoms with Gasteiger partial charge in [0.1, 0.15) is 10.6 Å². The number of aliphatic hydroxyl groups excluding tert-OH is 2. The molecule has 0 unspecified atom stereocenters. The first kappa shape index (κ1) is 13.0. The predicted octanol–water partition coefficient (Wildman–Crippen LogP) is 0.132. The number of nitrogens with two attached hydrogens (primary N) is 1. The van der Waals surface area contributed by atoms with Gasteiger partial charge < -0.3 is 15.5 Å². The highest BCUT2D eigenvalue weighted by atomic mass is 32.1. The average Bonchev–Trinajstić information content (AvgIpc) is 2.86. The van der Waals surface area contributed by atoms with Gasteiger partial charge in [-0.25, -0.2) is 10.8 Å². The van der Waals surface area contributed by atoms with Crippen LogP contribution in [-0.2, 0) is 0 Å². The largest absolute Gasteiger partial charge is 0.394 e. The fraction of sp³-hybridized carbons (Fsp3) is 0.400. The van der Waals surface area contributed by atoms with Gasteiger partial charge in [0.15, 0.2) is 0 Å². The van der Waals surface area contributed by atoms with E-state index >= 15 is 0 Å². The van der Waals surface area contributed by atoms with Crippen LogP contribution in [0.2, 0.25) is 0 Å². The van der Waals surface area contributed by atoms with Gasteiger partial charge in [-0.2, -0.15) is 4.98 Å². The normalized spacial score (nSPS) is 11.8. The number of hydrazine groups is 1. The summed E-state index contributed by atoms with van der Waals surface area (Å²) in [6.07, 6.45) is 0. The van der Waals surface area contributed by atoms with Crippen molar-refractivity contribution in [1.29, 1.82) is 0 Å². The molecule has 0 saturated heterocycles. The van der Waals surface area contributed by atoms with E-state index in [-0.39, 0.29) is 19.2 Å². The lowest BCUT2D eigenvalue weighted by Gasteiger charge is -2.27. The average molecular weight is 269 g/mol. The van der Waals surface area contributed by atoms with Gasteiger partial charge in [-0.05, 0) is 18.4 Å². The molecule has 0 fully saturated rings. The SMILES string of the molecule is CC(CO)(CO)Nc1nc(NN)nc2sccc12. The molecule has 2 heterocycles. The van der Waals surface area contributed by atoms with Gasteiger partial charge in [0.2, 0.25) is 5.95 Å². The molecule has 0 amide bonds. The second kappa shape index (κ2) is 5.02. The third-order valence-corrected chi connectivity index (χ3v) is 3.38. The van der Waals surface area contributed by atoms with Crippen molar-refractivity contribution >= 4 is 33.3 Å². The molecule has 0 atom stereocenters. The van der Waals surface area contributed by atoms with Crippen LogP contribution in [0.4, 0.5) is 11.8 Å². The van der Waals surface area contributed by atoms with E-state index in [1.165, 1.54) is 11.3 Å². The zero-order valence-electron chi connectivity index (χ0n) is 9.84. The summed E-state index contributed by atoms with van der Waals surface area (Å²) in [4.78, 5) is 9.18. The van der Waals surface area contributed by atoms with Crippen molar-refractivity contribution in [2.75, 3.05) is 24.0 Å². The Morgan fingerprint density at radius 3 is 2.72 bits per heavy atom. The van der Waals surface area contributed by atoms with E-state index < -0.39 is 5.54 Å². The minimum atomic E-state index is -0.852. The minimum absolute atomic E-state index is 0.218. The molecule has 98 valence electrons. The fourth-order valence-corrected chi connectivity index (χ4v) is 2.19. The number of fused-ring (bicyclic) bond motifs is 1. The lowest BCUT2D eigenvalue weighted by Crippen LogP contribution is -2.42. The van der Waals surface area contributed by atoms with Crippen LogP contribution < -0.4 is 16.6 Å². The lowest BCUT2D eigenvalue weighted by molar-refractivity contribution is 0.147. The number of nitrogens with zero attached hydrogens (tertiary/aromatic N) is 2. The Bertz CT molecular complexity index is 540. The Balaban J connectivity index is 2.45. The summed E-state index contributed by atoms with van der Waals surface area (Å²) in [6.45, 7) is 1.26. The van der Waals surface area contributed by atoms with Crippen LogP contribution in [0.3, 0.4) is 0 Å². The lowest BCUT2D eigenvalue weighted by atomic mass is 10.1. The van der Waals surface area contributed by atoms with Crippen LogP contribution in [0.1, 0.15) is 6.92 Å². The number of aromatic nitrogens is 2. The Hall–Kier alpha value is -1.48. The molecule has 2 aromatic rings. The minimum Gasteiger partial charge on any atom is -0.394 e. The molecule has 0 aliphatic rings. The van der Waals surface area contributed by atoms with Crippen LogP contribution in [0.15, 0.2) is 11.4 Å². The molecule has 2 aromatic heterocycles. The zero-order valence-corrected chi connectivity index (χ0v) is 10.7. The molecule has 18 heavy (non-hydrogen) atoms. The molecule has 7 nitrogen and oxygen atoms in total. The standard InChI is InChI=1S/C10H15N5O2S/c1-10(4-16,5-17)14-7-6-2-3-18-8(6)13-9(12-7)15-11/h2-3,16-17H,4-5,11H2,1H3,(H2,12,13,14,15). The number of hydrogen-bond acceptors (Lipinski definition) is 8. The molecule has 0 aliphatic heterocycles. The fourth-order valence-electron chi connectivity index (χ4n) is 1.43. The quantitative estimate of drug-likeness (QED) is 0.387.